The smallest absolute Gasteiger partial charge is 0.123 e. The lowest BCUT2D eigenvalue weighted by Crippen LogP contribution is -2.22. The van der Waals surface area contributed by atoms with E-state index >= 15 is 0 Å². The second-order valence-corrected chi connectivity index (χ2v) is 7.53. The summed E-state index contributed by atoms with van der Waals surface area (Å²) in [5, 5.41) is 3.59. The number of rotatable bonds is 3. The minimum absolute atomic E-state index is 0.156. The van der Waals surface area contributed by atoms with Crippen molar-refractivity contribution in [1.82, 2.24) is 5.32 Å². The highest BCUT2D eigenvalue weighted by molar-refractivity contribution is 5.46. The molecular weight excluding hydrogens is 246 g/mol. The third-order valence-corrected chi connectivity index (χ3v) is 5.85. The van der Waals surface area contributed by atoms with Crippen LogP contribution in [0.3, 0.4) is 0 Å². The Morgan fingerprint density at radius 3 is 2.70 bits per heavy atom. The van der Waals surface area contributed by atoms with E-state index < -0.39 is 0 Å². The molecule has 2 aliphatic carbocycles. The van der Waals surface area contributed by atoms with Crippen molar-refractivity contribution >= 4 is 0 Å². The Hall–Kier alpha value is -1.02. The minimum Gasteiger partial charge on any atom is -0.492 e. The third kappa shape index (κ3) is 1.74. The van der Waals surface area contributed by atoms with Crippen LogP contribution >= 0.6 is 0 Å². The molecule has 0 bridgehead atoms. The standard InChI is InChI=1S/C18H25NO/c1-18(2)10-20-15-8-7-11(9-14(15)18)17(19-3)16-12-5-4-6-13(12)16/h7-9,12-13,16-17,19H,4-6,10H2,1-3H3. The summed E-state index contributed by atoms with van der Waals surface area (Å²) in [6, 6.07) is 7.39. The van der Waals surface area contributed by atoms with Crippen molar-refractivity contribution in [2.24, 2.45) is 17.8 Å². The Labute approximate surface area is 121 Å². The molecule has 108 valence electrons. The number of ether oxygens (including phenoxy) is 1. The normalized spacial score (nSPS) is 34.2. The maximum atomic E-state index is 5.81. The fourth-order valence-electron chi connectivity index (χ4n) is 4.68. The van der Waals surface area contributed by atoms with Gasteiger partial charge in [0, 0.05) is 17.0 Å². The SMILES string of the molecule is CNC(c1ccc2c(c1)C(C)(C)CO2)C1C2CCCC21. The van der Waals surface area contributed by atoms with Gasteiger partial charge in [0.1, 0.15) is 5.75 Å². The molecule has 0 amide bonds. The van der Waals surface area contributed by atoms with Gasteiger partial charge in [-0.2, -0.15) is 0 Å². The first-order valence-corrected chi connectivity index (χ1v) is 8.06. The molecule has 2 nitrogen and oxygen atoms in total. The molecule has 0 spiro atoms. The van der Waals surface area contributed by atoms with Crippen molar-refractivity contribution in [1.29, 1.82) is 0 Å². The number of fused-ring (bicyclic) bond motifs is 2. The molecule has 2 fully saturated rings. The molecule has 1 aromatic rings. The van der Waals surface area contributed by atoms with Gasteiger partial charge in [0.25, 0.3) is 0 Å². The molecule has 2 saturated carbocycles. The van der Waals surface area contributed by atoms with Crippen LogP contribution < -0.4 is 10.1 Å². The number of hydrogen-bond donors (Lipinski definition) is 1. The molecule has 2 heteroatoms. The molecule has 1 aliphatic heterocycles. The van der Waals surface area contributed by atoms with Gasteiger partial charge in [-0.15, -0.1) is 0 Å². The highest BCUT2D eigenvalue weighted by atomic mass is 16.5. The molecule has 3 atom stereocenters. The summed E-state index contributed by atoms with van der Waals surface area (Å²) in [4.78, 5) is 0. The second kappa shape index (κ2) is 4.24. The van der Waals surface area contributed by atoms with Gasteiger partial charge in [-0.3, -0.25) is 0 Å². The van der Waals surface area contributed by atoms with Crippen molar-refractivity contribution < 1.29 is 4.74 Å². The average molecular weight is 271 g/mol. The van der Waals surface area contributed by atoms with E-state index in [1.807, 2.05) is 0 Å². The fourth-order valence-corrected chi connectivity index (χ4v) is 4.68. The van der Waals surface area contributed by atoms with E-state index in [-0.39, 0.29) is 5.41 Å². The van der Waals surface area contributed by atoms with E-state index in [9.17, 15) is 0 Å². The highest BCUT2D eigenvalue weighted by Gasteiger charge is 2.55. The van der Waals surface area contributed by atoms with E-state index in [4.69, 9.17) is 4.74 Å². The van der Waals surface area contributed by atoms with E-state index in [0.717, 1.165) is 30.1 Å². The molecule has 20 heavy (non-hydrogen) atoms. The van der Waals surface area contributed by atoms with Gasteiger partial charge in [-0.05, 0) is 55.3 Å². The molecule has 4 rings (SSSR count). The lowest BCUT2D eigenvalue weighted by Gasteiger charge is -2.21. The van der Waals surface area contributed by atoms with Gasteiger partial charge >= 0.3 is 0 Å². The van der Waals surface area contributed by atoms with Crippen molar-refractivity contribution in [2.75, 3.05) is 13.7 Å². The van der Waals surface area contributed by atoms with Gasteiger partial charge in [-0.25, -0.2) is 0 Å². The molecule has 3 aliphatic rings. The zero-order valence-electron chi connectivity index (χ0n) is 12.8. The van der Waals surface area contributed by atoms with Crippen LogP contribution in [-0.2, 0) is 5.41 Å². The van der Waals surface area contributed by atoms with Crippen LogP contribution in [-0.4, -0.2) is 13.7 Å². The van der Waals surface area contributed by atoms with Crippen LogP contribution in [0.25, 0.3) is 0 Å². The summed E-state index contributed by atoms with van der Waals surface area (Å²) in [6.07, 6.45) is 4.35. The van der Waals surface area contributed by atoms with Crippen LogP contribution in [0.5, 0.6) is 5.75 Å². The van der Waals surface area contributed by atoms with Crippen LogP contribution in [0, 0.1) is 17.8 Å². The number of benzene rings is 1. The Morgan fingerprint density at radius 1 is 1.25 bits per heavy atom. The lowest BCUT2D eigenvalue weighted by atomic mass is 9.84. The van der Waals surface area contributed by atoms with Crippen molar-refractivity contribution in [3.8, 4) is 5.75 Å². The second-order valence-electron chi connectivity index (χ2n) is 7.53. The van der Waals surface area contributed by atoms with Crippen LogP contribution in [0.2, 0.25) is 0 Å². The molecule has 1 aromatic carbocycles. The Kier molecular flexibility index (Phi) is 2.69. The summed E-state index contributed by atoms with van der Waals surface area (Å²) in [7, 11) is 2.12. The monoisotopic (exact) mass is 271 g/mol. The lowest BCUT2D eigenvalue weighted by molar-refractivity contribution is 0.291. The first-order chi connectivity index (χ1) is 9.62. The maximum Gasteiger partial charge on any atom is 0.123 e. The zero-order valence-corrected chi connectivity index (χ0v) is 12.8. The molecule has 1 N–H and O–H groups in total. The predicted octanol–water partition coefficient (Wildman–Crippen LogP) is 3.66. The summed E-state index contributed by atoms with van der Waals surface area (Å²) >= 11 is 0. The Balaban J connectivity index is 1.65. The van der Waals surface area contributed by atoms with Crippen LogP contribution in [0.4, 0.5) is 0 Å². The molecular formula is C18H25NO. The number of hydrogen-bond acceptors (Lipinski definition) is 2. The summed E-state index contributed by atoms with van der Waals surface area (Å²) in [6.45, 7) is 5.37. The fraction of sp³-hybridized carbons (Fsp3) is 0.667. The highest BCUT2D eigenvalue weighted by Crippen LogP contribution is 2.62. The van der Waals surface area contributed by atoms with Crippen molar-refractivity contribution in [3.63, 3.8) is 0 Å². The third-order valence-electron chi connectivity index (χ3n) is 5.85. The van der Waals surface area contributed by atoms with Gasteiger partial charge < -0.3 is 10.1 Å². The molecule has 1 heterocycles. The van der Waals surface area contributed by atoms with Crippen LogP contribution in [0.1, 0.15) is 50.3 Å². The molecule has 3 unspecified atom stereocenters. The Morgan fingerprint density at radius 2 is 2.00 bits per heavy atom. The van der Waals surface area contributed by atoms with E-state index in [1.165, 1.54) is 30.4 Å². The minimum atomic E-state index is 0.156. The van der Waals surface area contributed by atoms with Gasteiger partial charge in [0.2, 0.25) is 0 Å². The summed E-state index contributed by atoms with van der Waals surface area (Å²) < 4.78 is 5.81. The van der Waals surface area contributed by atoms with Gasteiger partial charge in [-0.1, -0.05) is 26.3 Å². The molecule has 0 radical (unpaired) electrons. The topological polar surface area (TPSA) is 21.3 Å². The van der Waals surface area contributed by atoms with Crippen molar-refractivity contribution in [2.45, 2.75) is 44.6 Å². The van der Waals surface area contributed by atoms with E-state index in [0.29, 0.717) is 6.04 Å². The van der Waals surface area contributed by atoms with Crippen LogP contribution in [0.15, 0.2) is 18.2 Å². The van der Waals surface area contributed by atoms with E-state index in [1.54, 1.807) is 0 Å². The van der Waals surface area contributed by atoms with Gasteiger partial charge in [0.15, 0.2) is 0 Å². The maximum absolute atomic E-state index is 5.81. The van der Waals surface area contributed by atoms with E-state index in [2.05, 4.69) is 44.4 Å². The zero-order chi connectivity index (χ0) is 13.9. The number of nitrogens with one attached hydrogen (secondary N) is 1. The van der Waals surface area contributed by atoms with Crippen molar-refractivity contribution in [3.05, 3.63) is 29.3 Å². The quantitative estimate of drug-likeness (QED) is 0.906. The average Bonchev–Trinajstić information content (AvgIpc) is 2.80. The van der Waals surface area contributed by atoms with Gasteiger partial charge in [0.05, 0.1) is 6.61 Å². The first-order valence-electron chi connectivity index (χ1n) is 8.06. The first kappa shape index (κ1) is 12.7. The Bertz CT molecular complexity index is 526. The molecule has 0 aromatic heterocycles. The largest absolute Gasteiger partial charge is 0.492 e. The summed E-state index contributed by atoms with van der Waals surface area (Å²) in [5.74, 6) is 3.94. The molecule has 0 saturated heterocycles. The predicted molar refractivity (Wildman–Crippen MR) is 81.1 cm³/mol. The summed E-state index contributed by atoms with van der Waals surface area (Å²) in [5.41, 5.74) is 3.01.